The highest BCUT2D eigenvalue weighted by Crippen LogP contribution is 2.21. The van der Waals surface area contributed by atoms with Gasteiger partial charge in [0.05, 0.1) is 0 Å². The first-order chi connectivity index (χ1) is 8.47. The molecule has 0 bridgehead atoms. The molecule has 0 spiro atoms. The molecule has 2 aromatic rings. The van der Waals surface area contributed by atoms with Gasteiger partial charge in [-0.1, -0.05) is 13.8 Å². The van der Waals surface area contributed by atoms with Gasteiger partial charge in [0.2, 0.25) is 0 Å². The number of nitrogens with one attached hydrogen (secondary N) is 1. The van der Waals surface area contributed by atoms with Crippen molar-refractivity contribution in [2.75, 3.05) is 5.32 Å². The minimum Gasteiger partial charge on any atom is -0.480 e. The van der Waals surface area contributed by atoms with Gasteiger partial charge in [0, 0.05) is 6.07 Å². The lowest BCUT2D eigenvalue weighted by Crippen LogP contribution is -2.34. The molecule has 0 unspecified atom stereocenters. The zero-order valence-electron chi connectivity index (χ0n) is 9.98. The number of halogens is 1. The highest BCUT2D eigenvalue weighted by molar-refractivity contribution is 5.78. The molecule has 96 valence electrons. The monoisotopic (exact) mass is 252 g/mol. The molecule has 1 heterocycles. The molecule has 0 amide bonds. The number of carboxylic acids is 1. The summed E-state index contributed by atoms with van der Waals surface area (Å²) in [7, 11) is 0. The molecular weight excluding hydrogens is 239 g/mol. The van der Waals surface area contributed by atoms with Gasteiger partial charge in [0.1, 0.15) is 17.4 Å². The first kappa shape index (κ1) is 12.3. The zero-order chi connectivity index (χ0) is 13.3. The van der Waals surface area contributed by atoms with E-state index in [2.05, 4.69) is 10.3 Å². The highest BCUT2D eigenvalue weighted by atomic mass is 19.1. The average Bonchev–Trinajstić information content (AvgIpc) is 2.66. The molecule has 0 aliphatic carbocycles. The first-order valence-electron chi connectivity index (χ1n) is 5.53. The van der Waals surface area contributed by atoms with Crippen LogP contribution in [0.25, 0.3) is 11.1 Å². The summed E-state index contributed by atoms with van der Waals surface area (Å²) in [6.45, 7) is 3.54. The van der Waals surface area contributed by atoms with Crippen molar-refractivity contribution in [2.45, 2.75) is 19.9 Å². The van der Waals surface area contributed by atoms with Crippen molar-refractivity contribution in [1.29, 1.82) is 0 Å². The van der Waals surface area contributed by atoms with Crippen LogP contribution in [0, 0.1) is 11.7 Å². The van der Waals surface area contributed by atoms with Gasteiger partial charge < -0.3 is 14.8 Å². The number of benzene rings is 1. The molecule has 0 radical (unpaired) electrons. The van der Waals surface area contributed by atoms with E-state index in [9.17, 15) is 9.18 Å². The van der Waals surface area contributed by atoms with Crippen molar-refractivity contribution in [1.82, 2.24) is 4.98 Å². The summed E-state index contributed by atoms with van der Waals surface area (Å²) < 4.78 is 18.3. The number of anilines is 1. The fraction of sp³-hybridized carbons (Fsp3) is 0.333. The Labute approximate surface area is 103 Å². The summed E-state index contributed by atoms with van der Waals surface area (Å²) in [5, 5.41) is 11.7. The molecule has 2 rings (SSSR count). The number of aliphatic carboxylic acids is 1. The lowest BCUT2D eigenvalue weighted by Gasteiger charge is -2.15. The summed E-state index contributed by atoms with van der Waals surface area (Å²) in [5.41, 5.74) is 0.761. The zero-order valence-corrected chi connectivity index (χ0v) is 9.98. The van der Waals surface area contributed by atoms with Crippen molar-refractivity contribution in [3.63, 3.8) is 0 Å². The van der Waals surface area contributed by atoms with Crippen molar-refractivity contribution >= 4 is 23.1 Å². The van der Waals surface area contributed by atoms with Gasteiger partial charge in [-0.05, 0) is 18.1 Å². The van der Waals surface area contributed by atoms with Gasteiger partial charge in [0.15, 0.2) is 5.58 Å². The maximum atomic E-state index is 13.0. The second-order valence-electron chi connectivity index (χ2n) is 4.34. The number of hydrogen-bond donors (Lipinski definition) is 2. The van der Waals surface area contributed by atoms with E-state index in [1.165, 1.54) is 18.2 Å². The Morgan fingerprint density at radius 2 is 2.22 bits per heavy atom. The number of carbonyl (C=O) groups is 1. The SMILES string of the molecule is CC(C)[C@H](Nc1nc2cc(F)ccc2o1)C(=O)O. The van der Waals surface area contributed by atoms with Gasteiger partial charge in [-0.25, -0.2) is 9.18 Å². The smallest absolute Gasteiger partial charge is 0.326 e. The minimum atomic E-state index is -0.988. The Morgan fingerprint density at radius 3 is 2.83 bits per heavy atom. The minimum absolute atomic E-state index is 0.0803. The summed E-state index contributed by atoms with van der Waals surface area (Å²) in [6, 6.07) is 3.22. The highest BCUT2D eigenvalue weighted by Gasteiger charge is 2.23. The van der Waals surface area contributed by atoms with E-state index in [4.69, 9.17) is 9.52 Å². The molecule has 1 aromatic heterocycles. The van der Waals surface area contributed by atoms with Gasteiger partial charge in [0.25, 0.3) is 6.01 Å². The maximum Gasteiger partial charge on any atom is 0.326 e. The van der Waals surface area contributed by atoms with Crippen molar-refractivity contribution < 1.29 is 18.7 Å². The van der Waals surface area contributed by atoms with Gasteiger partial charge in [-0.3, -0.25) is 0 Å². The molecule has 0 saturated heterocycles. The van der Waals surface area contributed by atoms with E-state index in [0.29, 0.717) is 11.1 Å². The van der Waals surface area contributed by atoms with Crippen LogP contribution in [0.3, 0.4) is 0 Å². The quantitative estimate of drug-likeness (QED) is 0.874. The third kappa shape index (κ3) is 2.42. The van der Waals surface area contributed by atoms with E-state index in [1.807, 2.05) is 0 Å². The van der Waals surface area contributed by atoms with E-state index in [1.54, 1.807) is 13.8 Å². The fourth-order valence-electron chi connectivity index (χ4n) is 1.61. The van der Waals surface area contributed by atoms with E-state index >= 15 is 0 Å². The number of hydrogen-bond acceptors (Lipinski definition) is 4. The van der Waals surface area contributed by atoms with Crippen LogP contribution in [0.2, 0.25) is 0 Å². The van der Waals surface area contributed by atoms with Crippen LogP contribution in [-0.4, -0.2) is 22.1 Å². The predicted molar refractivity (Wildman–Crippen MR) is 63.9 cm³/mol. The fourth-order valence-corrected chi connectivity index (χ4v) is 1.61. The lowest BCUT2D eigenvalue weighted by molar-refractivity contribution is -0.138. The van der Waals surface area contributed by atoms with Crippen LogP contribution >= 0.6 is 0 Å². The second-order valence-corrected chi connectivity index (χ2v) is 4.34. The molecule has 6 heteroatoms. The van der Waals surface area contributed by atoms with Crippen molar-refractivity contribution in [3.8, 4) is 0 Å². The topological polar surface area (TPSA) is 75.4 Å². The lowest BCUT2D eigenvalue weighted by atomic mass is 10.1. The van der Waals surface area contributed by atoms with Gasteiger partial charge in [-0.2, -0.15) is 4.98 Å². The Kier molecular flexibility index (Phi) is 3.18. The van der Waals surface area contributed by atoms with Gasteiger partial charge >= 0.3 is 5.97 Å². The molecule has 2 N–H and O–H groups in total. The number of aromatic nitrogens is 1. The Balaban J connectivity index is 2.28. The first-order valence-corrected chi connectivity index (χ1v) is 5.53. The third-order valence-electron chi connectivity index (χ3n) is 2.56. The average molecular weight is 252 g/mol. The van der Waals surface area contributed by atoms with Crippen LogP contribution in [0.1, 0.15) is 13.8 Å². The summed E-state index contributed by atoms with van der Waals surface area (Å²) in [4.78, 5) is 15.0. The summed E-state index contributed by atoms with van der Waals surface area (Å²) >= 11 is 0. The summed E-state index contributed by atoms with van der Waals surface area (Å²) in [5.74, 6) is -1.53. The Hall–Kier alpha value is -2.11. The molecule has 0 aliphatic heterocycles. The van der Waals surface area contributed by atoms with E-state index < -0.39 is 17.8 Å². The number of nitrogens with zero attached hydrogens (tertiary/aromatic N) is 1. The molecule has 1 atom stereocenters. The molecule has 0 fully saturated rings. The predicted octanol–water partition coefficient (Wildman–Crippen LogP) is 2.49. The van der Waals surface area contributed by atoms with E-state index in [0.717, 1.165) is 0 Å². The standard InChI is InChI=1S/C12H13FN2O3/c1-6(2)10(11(16)17)15-12-14-8-5-7(13)3-4-9(8)18-12/h3-6,10H,1-2H3,(H,14,15)(H,16,17)/t10-/m0/s1. The molecule has 1 aromatic carbocycles. The molecule has 5 nitrogen and oxygen atoms in total. The van der Waals surface area contributed by atoms with Crippen LogP contribution in [0.4, 0.5) is 10.4 Å². The Morgan fingerprint density at radius 1 is 1.50 bits per heavy atom. The second kappa shape index (κ2) is 4.64. The summed E-state index contributed by atoms with van der Waals surface area (Å²) in [6.07, 6.45) is 0. The number of carboxylic acid groups (broad SMARTS) is 1. The largest absolute Gasteiger partial charge is 0.480 e. The van der Waals surface area contributed by atoms with Gasteiger partial charge in [-0.15, -0.1) is 0 Å². The number of rotatable bonds is 4. The van der Waals surface area contributed by atoms with Crippen LogP contribution in [0.15, 0.2) is 22.6 Å². The number of oxazole rings is 1. The third-order valence-corrected chi connectivity index (χ3v) is 2.56. The maximum absolute atomic E-state index is 13.0. The van der Waals surface area contributed by atoms with Crippen LogP contribution in [-0.2, 0) is 4.79 Å². The van der Waals surface area contributed by atoms with Crippen molar-refractivity contribution in [2.24, 2.45) is 5.92 Å². The van der Waals surface area contributed by atoms with Crippen LogP contribution in [0.5, 0.6) is 0 Å². The van der Waals surface area contributed by atoms with E-state index in [-0.39, 0.29) is 11.9 Å². The van der Waals surface area contributed by atoms with Crippen molar-refractivity contribution in [3.05, 3.63) is 24.0 Å². The molecule has 18 heavy (non-hydrogen) atoms. The normalized spacial score (nSPS) is 12.9. The molecular formula is C12H13FN2O3. The van der Waals surface area contributed by atoms with Crippen LogP contribution < -0.4 is 5.32 Å². The number of fused-ring (bicyclic) bond motifs is 1. The Bertz CT molecular complexity index is 580. The molecule has 0 aliphatic rings. The molecule has 0 saturated carbocycles.